The normalized spacial score (nSPS) is 15.4. The van der Waals surface area contributed by atoms with Crippen LogP contribution in [-0.4, -0.2) is 15.8 Å². The minimum atomic E-state index is -0.276. The second-order valence-corrected chi connectivity index (χ2v) is 7.23. The molecule has 4 aromatic rings. The summed E-state index contributed by atoms with van der Waals surface area (Å²) in [6.07, 6.45) is 3.53. The molecule has 0 amide bonds. The standard InChI is InChI=1S/C22H14N2OS/c25-20-18(14-7-2-1-3-8-14)16-10-4-5-11-17(16)19-21(20)26-22(24-19)15-9-6-12-23-13-15/h1-13,18H. The molecule has 2 aromatic heterocycles. The Bertz CT molecular complexity index is 1100. The van der Waals surface area contributed by atoms with Crippen LogP contribution >= 0.6 is 11.3 Å². The number of fused-ring (bicyclic) bond motifs is 3. The van der Waals surface area contributed by atoms with Crippen molar-refractivity contribution in [3.63, 3.8) is 0 Å². The minimum absolute atomic E-state index is 0.123. The molecule has 0 fully saturated rings. The monoisotopic (exact) mass is 354 g/mol. The largest absolute Gasteiger partial charge is 0.292 e. The van der Waals surface area contributed by atoms with Crippen LogP contribution < -0.4 is 0 Å². The zero-order chi connectivity index (χ0) is 17.5. The first kappa shape index (κ1) is 15.2. The molecule has 124 valence electrons. The summed E-state index contributed by atoms with van der Waals surface area (Å²) < 4.78 is 0. The van der Waals surface area contributed by atoms with Crippen LogP contribution in [0.4, 0.5) is 0 Å². The van der Waals surface area contributed by atoms with E-state index in [1.165, 1.54) is 11.3 Å². The van der Waals surface area contributed by atoms with Gasteiger partial charge in [0.05, 0.1) is 16.5 Å². The number of thiazole rings is 1. The van der Waals surface area contributed by atoms with Crippen LogP contribution in [0.3, 0.4) is 0 Å². The van der Waals surface area contributed by atoms with Gasteiger partial charge in [0.2, 0.25) is 0 Å². The molecule has 1 aliphatic rings. The fourth-order valence-corrected chi connectivity index (χ4v) is 4.54. The predicted molar refractivity (Wildman–Crippen MR) is 103 cm³/mol. The van der Waals surface area contributed by atoms with Crippen LogP contribution in [0.15, 0.2) is 79.1 Å². The van der Waals surface area contributed by atoms with Crippen molar-refractivity contribution in [2.75, 3.05) is 0 Å². The third kappa shape index (κ3) is 2.30. The maximum absolute atomic E-state index is 13.4. The van der Waals surface area contributed by atoms with E-state index in [0.29, 0.717) is 0 Å². The number of ketones is 1. The highest BCUT2D eigenvalue weighted by Gasteiger charge is 2.36. The molecule has 2 aromatic carbocycles. The van der Waals surface area contributed by atoms with Crippen molar-refractivity contribution < 1.29 is 4.79 Å². The fraction of sp³-hybridized carbons (Fsp3) is 0.0455. The number of carbonyl (C=O) groups is 1. The highest BCUT2D eigenvalue weighted by atomic mass is 32.1. The molecule has 26 heavy (non-hydrogen) atoms. The van der Waals surface area contributed by atoms with Gasteiger partial charge in [-0.25, -0.2) is 4.98 Å². The van der Waals surface area contributed by atoms with Gasteiger partial charge >= 0.3 is 0 Å². The number of Topliss-reactive ketones (excluding diaryl/α,β-unsaturated/α-hetero) is 1. The Kier molecular flexibility index (Phi) is 3.50. The Morgan fingerprint density at radius 1 is 0.885 bits per heavy atom. The van der Waals surface area contributed by atoms with Crippen LogP contribution in [0.5, 0.6) is 0 Å². The summed E-state index contributed by atoms with van der Waals surface area (Å²) in [4.78, 5) is 23.1. The van der Waals surface area contributed by atoms with Crippen molar-refractivity contribution in [1.82, 2.24) is 9.97 Å². The molecule has 1 unspecified atom stereocenters. The Morgan fingerprint density at radius 2 is 1.69 bits per heavy atom. The van der Waals surface area contributed by atoms with Crippen molar-refractivity contribution >= 4 is 17.1 Å². The lowest BCUT2D eigenvalue weighted by Gasteiger charge is -2.23. The van der Waals surface area contributed by atoms with Gasteiger partial charge in [-0.1, -0.05) is 54.6 Å². The maximum Gasteiger partial charge on any atom is 0.186 e. The quantitative estimate of drug-likeness (QED) is 0.497. The first-order valence-electron chi connectivity index (χ1n) is 8.42. The molecule has 3 nitrogen and oxygen atoms in total. The molecule has 2 heterocycles. The molecule has 0 N–H and O–H groups in total. The summed E-state index contributed by atoms with van der Waals surface area (Å²) in [7, 11) is 0. The van der Waals surface area contributed by atoms with Gasteiger partial charge in [0.1, 0.15) is 5.01 Å². The van der Waals surface area contributed by atoms with Gasteiger partial charge in [0.15, 0.2) is 5.78 Å². The molecule has 0 bridgehead atoms. The molecule has 0 aliphatic heterocycles. The van der Waals surface area contributed by atoms with Gasteiger partial charge in [-0.3, -0.25) is 9.78 Å². The van der Waals surface area contributed by atoms with Crippen LogP contribution in [0, 0.1) is 0 Å². The lowest BCUT2D eigenvalue weighted by Crippen LogP contribution is -2.19. The number of pyridine rings is 1. The highest BCUT2D eigenvalue weighted by molar-refractivity contribution is 7.17. The Morgan fingerprint density at radius 3 is 2.50 bits per heavy atom. The molecular weight excluding hydrogens is 340 g/mol. The molecule has 0 saturated heterocycles. The predicted octanol–water partition coefficient (Wildman–Crippen LogP) is 5.20. The van der Waals surface area contributed by atoms with Gasteiger partial charge < -0.3 is 0 Å². The number of hydrogen-bond donors (Lipinski definition) is 0. The van der Waals surface area contributed by atoms with Crippen molar-refractivity contribution in [2.24, 2.45) is 0 Å². The van der Waals surface area contributed by atoms with E-state index in [2.05, 4.69) is 11.1 Å². The first-order chi connectivity index (χ1) is 12.8. The topological polar surface area (TPSA) is 42.9 Å². The molecule has 0 spiro atoms. The van der Waals surface area contributed by atoms with Crippen molar-refractivity contribution in [3.8, 4) is 21.8 Å². The van der Waals surface area contributed by atoms with Gasteiger partial charge in [0, 0.05) is 23.5 Å². The van der Waals surface area contributed by atoms with E-state index < -0.39 is 0 Å². The maximum atomic E-state index is 13.4. The number of hydrogen-bond acceptors (Lipinski definition) is 4. The molecule has 5 rings (SSSR count). The second-order valence-electron chi connectivity index (χ2n) is 6.23. The van der Waals surface area contributed by atoms with Crippen LogP contribution in [0.1, 0.15) is 26.7 Å². The van der Waals surface area contributed by atoms with E-state index in [9.17, 15) is 4.79 Å². The number of rotatable bonds is 2. The van der Waals surface area contributed by atoms with Crippen LogP contribution in [0.2, 0.25) is 0 Å². The number of benzene rings is 2. The van der Waals surface area contributed by atoms with E-state index in [-0.39, 0.29) is 11.7 Å². The van der Waals surface area contributed by atoms with E-state index in [4.69, 9.17) is 4.98 Å². The van der Waals surface area contributed by atoms with E-state index in [0.717, 1.165) is 37.8 Å². The third-order valence-corrected chi connectivity index (χ3v) is 5.80. The van der Waals surface area contributed by atoms with Crippen molar-refractivity contribution in [2.45, 2.75) is 5.92 Å². The summed E-state index contributed by atoms with van der Waals surface area (Å²) in [5.41, 5.74) is 4.82. The SMILES string of the molecule is O=C1c2sc(-c3cccnc3)nc2-c2ccccc2C1c1ccccc1. The first-order valence-corrected chi connectivity index (χ1v) is 9.24. The van der Waals surface area contributed by atoms with E-state index in [1.54, 1.807) is 12.4 Å². The van der Waals surface area contributed by atoms with Crippen LogP contribution in [-0.2, 0) is 0 Å². The molecule has 0 saturated carbocycles. The number of aromatic nitrogens is 2. The van der Waals surface area contributed by atoms with Gasteiger partial charge in [0.25, 0.3) is 0 Å². The smallest absolute Gasteiger partial charge is 0.186 e. The lowest BCUT2D eigenvalue weighted by atomic mass is 9.79. The second kappa shape index (κ2) is 6.00. The number of carbonyl (C=O) groups excluding carboxylic acids is 1. The van der Waals surface area contributed by atoms with E-state index in [1.807, 2.05) is 60.7 Å². The fourth-order valence-electron chi connectivity index (χ4n) is 3.50. The summed E-state index contributed by atoms with van der Waals surface area (Å²) in [5.74, 6) is -0.153. The van der Waals surface area contributed by atoms with Crippen molar-refractivity contribution in [1.29, 1.82) is 0 Å². The summed E-state index contributed by atoms with van der Waals surface area (Å²) in [5, 5.41) is 0.833. The average Bonchev–Trinajstić information content (AvgIpc) is 3.16. The number of nitrogens with zero attached hydrogens (tertiary/aromatic N) is 2. The highest BCUT2D eigenvalue weighted by Crippen LogP contribution is 2.45. The molecular formula is C22H14N2OS. The summed E-state index contributed by atoms with van der Waals surface area (Å²) in [6, 6.07) is 21.9. The zero-order valence-corrected chi connectivity index (χ0v) is 14.6. The van der Waals surface area contributed by atoms with Gasteiger partial charge in [-0.2, -0.15) is 0 Å². The molecule has 1 atom stereocenters. The molecule has 4 heteroatoms. The molecule has 1 aliphatic carbocycles. The van der Waals surface area contributed by atoms with Gasteiger partial charge in [-0.15, -0.1) is 11.3 Å². The summed E-state index contributed by atoms with van der Waals surface area (Å²) in [6.45, 7) is 0. The van der Waals surface area contributed by atoms with Crippen molar-refractivity contribution in [3.05, 3.63) is 95.1 Å². The minimum Gasteiger partial charge on any atom is -0.292 e. The Hall–Kier alpha value is -3.11. The Labute approximate surface area is 155 Å². The average molecular weight is 354 g/mol. The summed E-state index contributed by atoms with van der Waals surface area (Å²) >= 11 is 1.46. The molecule has 0 radical (unpaired) electrons. The van der Waals surface area contributed by atoms with E-state index >= 15 is 0 Å². The third-order valence-electron chi connectivity index (χ3n) is 4.68. The zero-order valence-electron chi connectivity index (χ0n) is 13.8. The van der Waals surface area contributed by atoms with Crippen LogP contribution in [0.25, 0.3) is 21.8 Å². The Balaban J connectivity index is 1.73. The lowest BCUT2D eigenvalue weighted by molar-refractivity contribution is 0.0976. The van der Waals surface area contributed by atoms with Gasteiger partial charge in [-0.05, 0) is 23.3 Å².